The minimum Gasteiger partial charge on any atom is -0.380 e. The molecule has 0 aromatic heterocycles. The molecular weight excluding hydrogens is 256 g/mol. The number of nitrogens with zero attached hydrogens (tertiary/aromatic N) is 4. The second kappa shape index (κ2) is 6.93. The van der Waals surface area contributed by atoms with E-state index in [-0.39, 0.29) is 11.8 Å². The molecule has 0 aliphatic carbocycles. The fourth-order valence-electron chi connectivity index (χ4n) is 2.41. The van der Waals surface area contributed by atoms with Crippen LogP contribution in [0.15, 0.2) is 29.4 Å². The van der Waals surface area contributed by atoms with Crippen LogP contribution < -0.4 is 0 Å². The summed E-state index contributed by atoms with van der Waals surface area (Å²) in [6.45, 7) is 2.26. The van der Waals surface area contributed by atoms with Crippen LogP contribution in [0.2, 0.25) is 0 Å². The van der Waals surface area contributed by atoms with E-state index in [9.17, 15) is 4.79 Å². The Labute approximate surface area is 118 Å². The number of hydrogen-bond acceptors (Lipinski definition) is 3. The standard InChI is InChI=1S/C14H18N4O2/c1-20-10-12-4-2-11(3-5-12)8-18-9-13(6-14(18)19)7-16-17-15/h2-5,13H,6-10H2,1H3. The average molecular weight is 274 g/mol. The maximum absolute atomic E-state index is 11.9. The molecule has 6 heteroatoms. The molecule has 1 aromatic carbocycles. The second-order valence-corrected chi connectivity index (χ2v) is 5.01. The van der Waals surface area contributed by atoms with Crippen LogP contribution >= 0.6 is 0 Å². The van der Waals surface area contributed by atoms with Gasteiger partial charge in [0, 0.05) is 38.1 Å². The van der Waals surface area contributed by atoms with Gasteiger partial charge in [0.05, 0.1) is 6.61 Å². The number of amides is 1. The van der Waals surface area contributed by atoms with Gasteiger partial charge < -0.3 is 9.64 Å². The van der Waals surface area contributed by atoms with E-state index in [4.69, 9.17) is 10.3 Å². The first-order valence-electron chi connectivity index (χ1n) is 6.58. The Morgan fingerprint density at radius 1 is 1.40 bits per heavy atom. The number of methoxy groups -OCH3 is 1. The Morgan fingerprint density at radius 3 is 2.75 bits per heavy atom. The Balaban J connectivity index is 1.92. The zero-order chi connectivity index (χ0) is 14.4. The highest BCUT2D eigenvalue weighted by Crippen LogP contribution is 2.20. The Kier molecular flexibility index (Phi) is 4.98. The van der Waals surface area contributed by atoms with Gasteiger partial charge in [-0.05, 0) is 22.6 Å². The Hall–Kier alpha value is -2.04. The van der Waals surface area contributed by atoms with Crippen LogP contribution in [-0.2, 0) is 22.7 Å². The largest absolute Gasteiger partial charge is 0.380 e. The molecule has 2 rings (SSSR count). The number of benzene rings is 1. The third-order valence-corrected chi connectivity index (χ3v) is 3.41. The van der Waals surface area contributed by atoms with Crippen molar-refractivity contribution in [1.82, 2.24) is 4.90 Å². The highest BCUT2D eigenvalue weighted by Gasteiger charge is 2.28. The van der Waals surface area contributed by atoms with Crippen molar-refractivity contribution in [3.8, 4) is 0 Å². The van der Waals surface area contributed by atoms with Crippen molar-refractivity contribution in [1.29, 1.82) is 0 Å². The fraction of sp³-hybridized carbons (Fsp3) is 0.500. The third kappa shape index (κ3) is 3.73. The molecular formula is C14H18N4O2. The Bertz CT molecular complexity index is 508. The van der Waals surface area contributed by atoms with Gasteiger partial charge in [-0.1, -0.05) is 29.4 Å². The topological polar surface area (TPSA) is 78.3 Å². The van der Waals surface area contributed by atoms with Crippen LogP contribution in [0.25, 0.3) is 10.4 Å². The second-order valence-electron chi connectivity index (χ2n) is 5.01. The lowest BCUT2D eigenvalue weighted by Gasteiger charge is -2.16. The highest BCUT2D eigenvalue weighted by molar-refractivity contribution is 5.78. The van der Waals surface area contributed by atoms with Gasteiger partial charge in [-0.15, -0.1) is 0 Å². The number of hydrogen-bond donors (Lipinski definition) is 0. The van der Waals surface area contributed by atoms with Crippen LogP contribution in [0, 0.1) is 5.92 Å². The maximum atomic E-state index is 11.9. The molecule has 1 aromatic rings. The average Bonchev–Trinajstić information content (AvgIpc) is 2.79. The minimum atomic E-state index is 0.129. The first-order chi connectivity index (χ1) is 9.72. The van der Waals surface area contributed by atoms with E-state index in [1.165, 1.54) is 0 Å². The molecule has 1 aliphatic rings. The summed E-state index contributed by atoms with van der Waals surface area (Å²) in [4.78, 5) is 16.5. The summed E-state index contributed by atoms with van der Waals surface area (Å²) in [5.41, 5.74) is 10.5. The lowest BCUT2D eigenvalue weighted by atomic mass is 10.1. The van der Waals surface area contributed by atoms with Crippen LogP contribution in [0.5, 0.6) is 0 Å². The van der Waals surface area contributed by atoms with Crippen molar-refractivity contribution >= 4 is 5.91 Å². The molecule has 1 amide bonds. The van der Waals surface area contributed by atoms with Gasteiger partial charge in [-0.25, -0.2) is 0 Å². The molecule has 1 heterocycles. The van der Waals surface area contributed by atoms with Gasteiger partial charge in [0.15, 0.2) is 0 Å². The molecule has 1 fully saturated rings. The number of carbonyl (C=O) groups excluding carboxylic acids is 1. The van der Waals surface area contributed by atoms with E-state index in [0.717, 1.165) is 11.1 Å². The summed E-state index contributed by atoms with van der Waals surface area (Å²) in [7, 11) is 1.67. The molecule has 1 saturated heterocycles. The lowest BCUT2D eigenvalue weighted by Crippen LogP contribution is -2.24. The first kappa shape index (κ1) is 14.4. The van der Waals surface area contributed by atoms with E-state index in [1.807, 2.05) is 29.2 Å². The van der Waals surface area contributed by atoms with E-state index in [1.54, 1.807) is 7.11 Å². The van der Waals surface area contributed by atoms with Crippen LogP contribution in [-0.4, -0.2) is 31.0 Å². The van der Waals surface area contributed by atoms with Gasteiger partial charge in [0.25, 0.3) is 0 Å². The van der Waals surface area contributed by atoms with Crippen molar-refractivity contribution in [2.24, 2.45) is 11.0 Å². The summed E-state index contributed by atoms with van der Waals surface area (Å²) in [6.07, 6.45) is 0.473. The number of azide groups is 1. The smallest absolute Gasteiger partial charge is 0.223 e. The molecule has 1 atom stereocenters. The molecule has 1 unspecified atom stereocenters. The van der Waals surface area contributed by atoms with E-state index in [0.29, 0.717) is 32.7 Å². The van der Waals surface area contributed by atoms with Crippen molar-refractivity contribution in [3.63, 3.8) is 0 Å². The van der Waals surface area contributed by atoms with Crippen LogP contribution in [0.1, 0.15) is 17.5 Å². The number of carbonyl (C=O) groups is 1. The molecule has 0 spiro atoms. The zero-order valence-corrected chi connectivity index (χ0v) is 11.5. The summed E-state index contributed by atoms with van der Waals surface area (Å²) >= 11 is 0. The predicted molar refractivity (Wildman–Crippen MR) is 74.7 cm³/mol. The van der Waals surface area contributed by atoms with Gasteiger partial charge in [0.1, 0.15) is 0 Å². The summed E-state index contributed by atoms with van der Waals surface area (Å²) in [6, 6.07) is 8.05. The highest BCUT2D eigenvalue weighted by atomic mass is 16.5. The number of rotatable bonds is 6. The summed E-state index contributed by atoms with van der Waals surface area (Å²) in [5, 5.41) is 3.55. The van der Waals surface area contributed by atoms with Gasteiger partial charge in [-0.2, -0.15) is 0 Å². The lowest BCUT2D eigenvalue weighted by molar-refractivity contribution is -0.128. The molecule has 6 nitrogen and oxygen atoms in total. The fourth-order valence-corrected chi connectivity index (χ4v) is 2.41. The number of likely N-dealkylation sites (tertiary alicyclic amines) is 1. The van der Waals surface area contributed by atoms with Crippen LogP contribution in [0.4, 0.5) is 0 Å². The Morgan fingerprint density at radius 2 is 2.10 bits per heavy atom. The molecule has 106 valence electrons. The zero-order valence-electron chi connectivity index (χ0n) is 11.5. The molecule has 0 bridgehead atoms. The summed E-state index contributed by atoms with van der Waals surface area (Å²) in [5.74, 6) is 0.273. The summed E-state index contributed by atoms with van der Waals surface area (Å²) < 4.78 is 5.07. The van der Waals surface area contributed by atoms with Gasteiger partial charge >= 0.3 is 0 Å². The van der Waals surface area contributed by atoms with Crippen LogP contribution in [0.3, 0.4) is 0 Å². The van der Waals surface area contributed by atoms with Crippen molar-refractivity contribution < 1.29 is 9.53 Å². The van der Waals surface area contributed by atoms with Gasteiger partial charge in [-0.3, -0.25) is 4.79 Å². The monoisotopic (exact) mass is 274 g/mol. The minimum absolute atomic E-state index is 0.129. The SMILES string of the molecule is COCc1ccc(CN2CC(CN=[N+]=[N-])CC2=O)cc1. The quantitative estimate of drug-likeness (QED) is 0.454. The predicted octanol–water partition coefficient (Wildman–Crippen LogP) is 2.49. The molecule has 20 heavy (non-hydrogen) atoms. The van der Waals surface area contributed by atoms with E-state index < -0.39 is 0 Å². The molecule has 0 radical (unpaired) electrons. The molecule has 0 saturated carbocycles. The van der Waals surface area contributed by atoms with Crippen molar-refractivity contribution in [2.45, 2.75) is 19.6 Å². The molecule has 0 N–H and O–H groups in total. The normalized spacial score (nSPS) is 18.1. The van der Waals surface area contributed by atoms with Gasteiger partial charge in [0.2, 0.25) is 5.91 Å². The van der Waals surface area contributed by atoms with E-state index in [2.05, 4.69) is 10.0 Å². The van der Waals surface area contributed by atoms with Crippen molar-refractivity contribution in [3.05, 3.63) is 45.8 Å². The number of ether oxygens (including phenoxy) is 1. The maximum Gasteiger partial charge on any atom is 0.223 e. The van der Waals surface area contributed by atoms with E-state index >= 15 is 0 Å². The molecule has 1 aliphatic heterocycles. The first-order valence-corrected chi connectivity index (χ1v) is 6.58. The van der Waals surface area contributed by atoms with Crippen molar-refractivity contribution in [2.75, 3.05) is 20.2 Å². The third-order valence-electron chi connectivity index (χ3n) is 3.41.